The Labute approximate surface area is 146 Å². The molecule has 0 bridgehead atoms. The zero-order valence-corrected chi connectivity index (χ0v) is 14.9. The zero-order chi connectivity index (χ0) is 16.8. The van der Waals surface area contributed by atoms with E-state index in [-0.39, 0.29) is 12.1 Å². The number of nitrogens with zero attached hydrogens (tertiary/aromatic N) is 3. The van der Waals surface area contributed by atoms with Crippen molar-refractivity contribution in [3.8, 4) is 0 Å². The Kier molecular flexibility index (Phi) is 5.96. The van der Waals surface area contributed by atoms with Crippen molar-refractivity contribution in [1.29, 1.82) is 0 Å². The lowest BCUT2D eigenvalue weighted by Gasteiger charge is -2.24. The molecule has 1 atom stereocenters. The summed E-state index contributed by atoms with van der Waals surface area (Å²) >= 11 is 1.77. The number of amides is 2. The lowest BCUT2D eigenvalue weighted by Crippen LogP contribution is -2.44. The lowest BCUT2D eigenvalue weighted by molar-refractivity contribution is 0.228. The second-order valence-electron chi connectivity index (χ2n) is 6.27. The van der Waals surface area contributed by atoms with Crippen molar-refractivity contribution in [3.05, 3.63) is 30.2 Å². The Balaban J connectivity index is 1.70. The smallest absolute Gasteiger partial charge is 0.315 e. The summed E-state index contributed by atoms with van der Waals surface area (Å²) < 4.78 is 1.95. The molecule has 2 N–H and O–H groups in total. The molecule has 2 aromatic heterocycles. The van der Waals surface area contributed by atoms with Crippen molar-refractivity contribution in [2.24, 2.45) is 0 Å². The summed E-state index contributed by atoms with van der Waals surface area (Å²) in [6.45, 7) is 0. The van der Waals surface area contributed by atoms with Gasteiger partial charge in [-0.2, -0.15) is 11.8 Å². The summed E-state index contributed by atoms with van der Waals surface area (Å²) in [6, 6.07) is 5.88. The van der Waals surface area contributed by atoms with Gasteiger partial charge in [-0.1, -0.05) is 25.3 Å². The third kappa shape index (κ3) is 4.20. The van der Waals surface area contributed by atoms with Crippen LogP contribution in [-0.2, 0) is 0 Å². The molecular formula is C17H25N5OS. The van der Waals surface area contributed by atoms with Gasteiger partial charge in [0, 0.05) is 12.2 Å². The first kappa shape index (κ1) is 17.1. The summed E-state index contributed by atoms with van der Waals surface area (Å²) in [4.78, 5) is 12.4. The molecule has 130 valence electrons. The fourth-order valence-corrected chi connectivity index (χ4v) is 3.70. The highest BCUT2D eigenvalue weighted by Crippen LogP contribution is 2.20. The number of nitrogens with one attached hydrogen (secondary N) is 2. The minimum absolute atomic E-state index is 0.0966. The first-order valence-corrected chi connectivity index (χ1v) is 10.0. The van der Waals surface area contributed by atoms with Crippen LogP contribution in [0.25, 0.3) is 5.65 Å². The van der Waals surface area contributed by atoms with E-state index in [1.54, 1.807) is 11.8 Å². The van der Waals surface area contributed by atoms with Gasteiger partial charge in [-0.15, -0.1) is 10.2 Å². The SMILES string of the molecule is CSCC[C@@H](NC(=O)NC1CCCCC1)c1nnc2ccccn12. The quantitative estimate of drug-likeness (QED) is 0.842. The number of urea groups is 1. The van der Waals surface area contributed by atoms with Crippen molar-refractivity contribution >= 4 is 23.4 Å². The largest absolute Gasteiger partial charge is 0.335 e. The Hall–Kier alpha value is -1.76. The second-order valence-corrected chi connectivity index (χ2v) is 7.26. The minimum Gasteiger partial charge on any atom is -0.335 e. The fourth-order valence-electron chi connectivity index (χ4n) is 3.23. The summed E-state index contributed by atoms with van der Waals surface area (Å²) in [5.74, 6) is 1.74. The molecule has 2 aromatic rings. The Morgan fingerprint density at radius 1 is 1.33 bits per heavy atom. The van der Waals surface area contributed by atoms with E-state index in [9.17, 15) is 4.79 Å². The molecule has 2 amide bonds. The number of fused-ring (bicyclic) bond motifs is 1. The highest BCUT2D eigenvalue weighted by molar-refractivity contribution is 7.98. The van der Waals surface area contributed by atoms with Crippen LogP contribution in [0.5, 0.6) is 0 Å². The van der Waals surface area contributed by atoms with Crippen LogP contribution < -0.4 is 10.6 Å². The van der Waals surface area contributed by atoms with Gasteiger partial charge in [-0.25, -0.2) is 4.79 Å². The van der Waals surface area contributed by atoms with Crippen LogP contribution in [0, 0.1) is 0 Å². The van der Waals surface area contributed by atoms with Crippen molar-refractivity contribution in [1.82, 2.24) is 25.2 Å². The number of aromatic nitrogens is 3. The Morgan fingerprint density at radius 2 is 2.17 bits per heavy atom. The molecule has 0 radical (unpaired) electrons. The maximum absolute atomic E-state index is 12.4. The molecule has 2 heterocycles. The van der Waals surface area contributed by atoms with E-state index in [1.807, 2.05) is 28.8 Å². The first-order valence-electron chi connectivity index (χ1n) is 8.63. The highest BCUT2D eigenvalue weighted by atomic mass is 32.2. The van der Waals surface area contributed by atoms with Crippen LogP contribution in [0.15, 0.2) is 24.4 Å². The van der Waals surface area contributed by atoms with Gasteiger partial charge in [-0.05, 0) is 43.4 Å². The third-order valence-electron chi connectivity index (χ3n) is 4.51. The Bertz CT molecular complexity index is 668. The molecule has 0 spiro atoms. The molecule has 1 aliphatic carbocycles. The van der Waals surface area contributed by atoms with E-state index in [1.165, 1.54) is 19.3 Å². The van der Waals surface area contributed by atoms with Gasteiger partial charge in [0.2, 0.25) is 0 Å². The molecule has 0 aliphatic heterocycles. The van der Waals surface area contributed by atoms with E-state index in [2.05, 4.69) is 27.1 Å². The molecule has 0 unspecified atom stereocenters. The predicted molar refractivity (Wildman–Crippen MR) is 97.3 cm³/mol. The first-order chi connectivity index (χ1) is 11.8. The van der Waals surface area contributed by atoms with Gasteiger partial charge in [0.25, 0.3) is 0 Å². The van der Waals surface area contributed by atoms with Gasteiger partial charge in [0.1, 0.15) is 0 Å². The Morgan fingerprint density at radius 3 is 2.96 bits per heavy atom. The van der Waals surface area contributed by atoms with Crippen LogP contribution in [0.2, 0.25) is 0 Å². The summed E-state index contributed by atoms with van der Waals surface area (Å²) in [5.41, 5.74) is 0.802. The maximum Gasteiger partial charge on any atom is 0.315 e. The number of carbonyl (C=O) groups excluding carboxylic acids is 1. The van der Waals surface area contributed by atoms with Gasteiger partial charge in [-0.3, -0.25) is 4.40 Å². The second kappa shape index (κ2) is 8.37. The molecule has 1 aliphatic rings. The van der Waals surface area contributed by atoms with Crippen LogP contribution in [0.3, 0.4) is 0 Å². The van der Waals surface area contributed by atoms with Gasteiger partial charge >= 0.3 is 6.03 Å². The summed E-state index contributed by atoms with van der Waals surface area (Å²) in [5, 5.41) is 14.7. The molecule has 3 rings (SSSR count). The zero-order valence-electron chi connectivity index (χ0n) is 14.1. The molecular weight excluding hydrogens is 322 g/mol. The molecule has 6 nitrogen and oxygen atoms in total. The van der Waals surface area contributed by atoms with E-state index >= 15 is 0 Å². The van der Waals surface area contributed by atoms with E-state index in [0.717, 1.165) is 36.5 Å². The third-order valence-corrected chi connectivity index (χ3v) is 5.15. The molecule has 7 heteroatoms. The van der Waals surface area contributed by atoms with Gasteiger partial charge < -0.3 is 10.6 Å². The summed E-state index contributed by atoms with van der Waals surface area (Å²) in [7, 11) is 0. The molecule has 24 heavy (non-hydrogen) atoms. The maximum atomic E-state index is 12.4. The van der Waals surface area contributed by atoms with Gasteiger partial charge in [0.05, 0.1) is 6.04 Å². The topological polar surface area (TPSA) is 71.3 Å². The van der Waals surface area contributed by atoms with Crippen LogP contribution in [0.1, 0.15) is 50.4 Å². The van der Waals surface area contributed by atoms with Crippen LogP contribution in [0.4, 0.5) is 4.79 Å². The van der Waals surface area contributed by atoms with E-state index in [4.69, 9.17) is 0 Å². The normalized spacial score (nSPS) is 16.9. The van der Waals surface area contributed by atoms with Crippen molar-refractivity contribution in [2.45, 2.75) is 50.6 Å². The number of hydrogen-bond acceptors (Lipinski definition) is 4. The van der Waals surface area contributed by atoms with E-state index in [0.29, 0.717) is 6.04 Å². The lowest BCUT2D eigenvalue weighted by atomic mass is 9.96. The molecule has 1 fully saturated rings. The van der Waals surface area contributed by atoms with Gasteiger partial charge in [0.15, 0.2) is 11.5 Å². The highest BCUT2D eigenvalue weighted by Gasteiger charge is 2.22. The molecule has 0 saturated heterocycles. The number of hydrogen-bond donors (Lipinski definition) is 2. The fraction of sp³-hybridized carbons (Fsp3) is 0.588. The standard InChI is InChI=1S/C17H25N5OS/c1-24-12-10-14(16-21-20-15-9-5-6-11-22(15)16)19-17(23)18-13-7-3-2-4-8-13/h5-6,9,11,13-14H,2-4,7-8,10,12H2,1H3,(H2,18,19,23)/t14-/m1/s1. The number of rotatable bonds is 6. The van der Waals surface area contributed by atoms with Crippen molar-refractivity contribution < 1.29 is 4.79 Å². The van der Waals surface area contributed by atoms with Crippen molar-refractivity contribution in [2.75, 3.05) is 12.0 Å². The molecule has 0 aromatic carbocycles. The molecule has 1 saturated carbocycles. The van der Waals surface area contributed by atoms with E-state index < -0.39 is 0 Å². The number of carbonyl (C=O) groups is 1. The van der Waals surface area contributed by atoms with Crippen molar-refractivity contribution in [3.63, 3.8) is 0 Å². The number of thioether (sulfide) groups is 1. The predicted octanol–water partition coefficient (Wildman–Crippen LogP) is 3.16. The van der Waals surface area contributed by atoms with Crippen LogP contribution >= 0.6 is 11.8 Å². The minimum atomic E-state index is -0.140. The average Bonchev–Trinajstić information content (AvgIpc) is 3.03. The monoisotopic (exact) mass is 347 g/mol. The summed E-state index contributed by atoms with van der Waals surface area (Å²) in [6.07, 6.45) is 10.7. The number of pyridine rings is 1. The van der Waals surface area contributed by atoms with Crippen LogP contribution in [-0.4, -0.2) is 38.7 Å². The average molecular weight is 347 g/mol.